The molecular formula is C59H105NO5. The van der Waals surface area contributed by atoms with Crippen LogP contribution in [0.4, 0.5) is 0 Å². The summed E-state index contributed by atoms with van der Waals surface area (Å²) < 4.78 is 5.92. The summed E-state index contributed by atoms with van der Waals surface area (Å²) in [7, 11) is 0. The summed E-state index contributed by atoms with van der Waals surface area (Å²) in [5.74, 6) is -0.538. The van der Waals surface area contributed by atoms with E-state index in [9.17, 15) is 19.8 Å². The predicted octanol–water partition coefficient (Wildman–Crippen LogP) is 17.0. The van der Waals surface area contributed by atoms with Gasteiger partial charge in [0.05, 0.1) is 25.2 Å². The first kappa shape index (κ1) is 62.3. The van der Waals surface area contributed by atoms with E-state index >= 15 is 0 Å². The predicted molar refractivity (Wildman–Crippen MR) is 282 cm³/mol. The van der Waals surface area contributed by atoms with Crippen LogP contribution in [0, 0.1) is 0 Å². The monoisotopic (exact) mass is 908 g/mol. The van der Waals surface area contributed by atoms with Crippen LogP contribution in [-0.2, 0) is 14.3 Å². The van der Waals surface area contributed by atoms with Crippen LogP contribution in [0.3, 0.4) is 0 Å². The zero-order valence-electron chi connectivity index (χ0n) is 42.9. The van der Waals surface area contributed by atoms with Crippen LogP contribution < -0.4 is 5.32 Å². The summed E-state index contributed by atoms with van der Waals surface area (Å²) in [5.41, 5.74) is 0. The van der Waals surface area contributed by atoms with E-state index in [1.165, 1.54) is 128 Å². The number of carbonyl (C=O) groups excluding carboxylic acids is 2. The Hall–Kier alpha value is -2.70. The van der Waals surface area contributed by atoms with Gasteiger partial charge in [-0.25, -0.2) is 0 Å². The number of esters is 1. The molecule has 0 aromatic carbocycles. The second kappa shape index (κ2) is 52.3. The Labute approximate surface area is 402 Å². The van der Waals surface area contributed by atoms with Gasteiger partial charge in [0.1, 0.15) is 6.10 Å². The van der Waals surface area contributed by atoms with Crippen LogP contribution in [0.25, 0.3) is 0 Å². The molecule has 0 spiro atoms. The molecule has 65 heavy (non-hydrogen) atoms. The molecule has 6 nitrogen and oxygen atoms in total. The Bertz CT molecular complexity index is 1200. The van der Waals surface area contributed by atoms with E-state index in [-0.39, 0.29) is 24.9 Å². The minimum absolute atomic E-state index is 0.0334. The van der Waals surface area contributed by atoms with Crippen molar-refractivity contribution < 1.29 is 24.5 Å². The van der Waals surface area contributed by atoms with Crippen molar-refractivity contribution in [2.75, 3.05) is 6.61 Å². The second-order valence-corrected chi connectivity index (χ2v) is 18.6. The Kier molecular flexibility index (Phi) is 50.1. The van der Waals surface area contributed by atoms with Gasteiger partial charge in [-0.3, -0.25) is 9.59 Å². The molecule has 3 N–H and O–H groups in total. The summed E-state index contributed by atoms with van der Waals surface area (Å²) in [6.45, 7) is 6.36. The minimum Gasteiger partial charge on any atom is -0.462 e. The van der Waals surface area contributed by atoms with Crippen LogP contribution in [0.15, 0.2) is 72.9 Å². The third kappa shape index (κ3) is 47.6. The van der Waals surface area contributed by atoms with Crippen molar-refractivity contribution in [1.82, 2.24) is 5.32 Å². The van der Waals surface area contributed by atoms with Crippen molar-refractivity contribution in [3.63, 3.8) is 0 Å². The zero-order chi connectivity index (χ0) is 47.4. The molecule has 0 saturated carbocycles. The number of hydrogen-bond donors (Lipinski definition) is 3. The summed E-state index contributed by atoms with van der Waals surface area (Å²) in [6.07, 6.45) is 66.8. The van der Waals surface area contributed by atoms with Crippen molar-refractivity contribution in [2.24, 2.45) is 0 Å². The fourth-order valence-corrected chi connectivity index (χ4v) is 8.10. The fourth-order valence-electron chi connectivity index (χ4n) is 8.10. The molecule has 3 atom stereocenters. The topological polar surface area (TPSA) is 95.9 Å². The first-order valence-corrected chi connectivity index (χ1v) is 27.7. The van der Waals surface area contributed by atoms with E-state index < -0.39 is 18.2 Å². The minimum atomic E-state index is -0.806. The van der Waals surface area contributed by atoms with Crippen molar-refractivity contribution in [3.05, 3.63) is 72.9 Å². The highest BCUT2D eigenvalue weighted by Gasteiger charge is 2.24. The lowest BCUT2D eigenvalue weighted by Gasteiger charge is -2.24. The van der Waals surface area contributed by atoms with Crippen molar-refractivity contribution in [2.45, 2.75) is 283 Å². The third-order valence-corrected chi connectivity index (χ3v) is 12.3. The highest BCUT2D eigenvalue weighted by Crippen LogP contribution is 2.17. The quantitative estimate of drug-likeness (QED) is 0.0321. The van der Waals surface area contributed by atoms with Gasteiger partial charge in [0, 0.05) is 6.42 Å². The molecule has 0 rings (SSSR count). The van der Waals surface area contributed by atoms with Gasteiger partial charge in [-0.15, -0.1) is 0 Å². The second-order valence-electron chi connectivity index (χ2n) is 18.6. The summed E-state index contributed by atoms with van der Waals surface area (Å²) >= 11 is 0. The number of rotatable bonds is 49. The maximum Gasteiger partial charge on any atom is 0.306 e. The van der Waals surface area contributed by atoms with Gasteiger partial charge in [0.2, 0.25) is 5.91 Å². The summed E-state index contributed by atoms with van der Waals surface area (Å²) in [5, 5.41) is 23.8. The number of unbranched alkanes of at least 4 members (excludes halogenated alkanes) is 25. The molecule has 3 unspecified atom stereocenters. The number of carbonyl (C=O) groups is 2. The summed E-state index contributed by atoms with van der Waals surface area (Å²) in [4.78, 5) is 26.2. The normalized spacial score (nSPS) is 13.7. The Morgan fingerprint density at radius 2 is 0.846 bits per heavy atom. The van der Waals surface area contributed by atoms with Crippen LogP contribution in [0.5, 0.6) is 0 Å². The van der Waals surface area contributed by atoms with E-state index in [0.29, 0.717) is 19.3 Å². The van der Waals surface area contributed by atoms with E-state index in [1.807, 2.05) is 0 Å². The number of allylic oxidation sites excluding steroid dienone is 12. The molecule has 0 aromatic rings. The van der Waals surface area contributed by atoms with Gasteiger partial charge >= 0.3 is 5.97 Å². The standard InChI is InChI=1S/C59H105NO5/c1-4-7-10-13-16-19-22-24-26-28-30-32-34-37-40-43-46-49-52-59(64)65-55(50-47-44-41-38-36-33-31-29-27-25-23-20-17-14-11-8-5-2)53-58(63)60-56(54-61)57(62)51-48-45-42-39-35-21-18-15-12-9-6-3/h8,11,17,20,25,27,30-33,38,41,55-57,61-62H,4-7,9-10,12-16,18-19,21-24,26,28-29,34-37,39-40,42-54H2,1-3H3,(H,60,63)/b11-8-,20-17-,27-25-,32-30+,33-31-,41-38-. The fraction of sp³-hybridized carbons (Fsp3) is 0.763. The molecule has 0 aliphatic heterocycles. The van der Waals surface area contributed by atoms with Gasteiger partial charge in [-0.1, -0.05) is 235 Å². The van der Waals surface area contributed by atoms with E-state index in [1.54, 1.807) is 0 Å². The molecule has 0 aromatic heterocycles. The summed E-state index contributed by atoms with van der Waals surface area (Å²) in [6, 6.07) is -0.724. The molecule has 6 heteroatoms. The van der Waals surface area contributed by atoms with E-state index in [2.05, 4.69) is 99.0 Å². The van der Waals surface area contributed by atoms with Gasteiger partial charge in [-0.2, -0.15) is 0 Å². The zero-order valence-corrected chi connectivity index (χ0v) is 42.9. The van der Waals surface area contributed by atoms with Gasteiger partial charge in [-0.05, 0) is 89.9 Å². The molecule has 0 heterocycles. The van der Waals surface area contributed by atoms with Gasteiger partial charge in [0.15, 0.2) is 0 Å². The van der Waals surface area contributed by atoms with E-state index in [0.717, 1.165) is 89.9 Å². The average molecular weight is 908 g/mol. The molecule has 0 aliphatic carbocycles. The molecule has 1 amide bonds. The lowest BCUT2D eigenvalue weighted by atomic mass is 10.0. The molecule has 0 radical (unpaired) electrons. The Morgan fingerprint density at radius 3 is 1.31 bits per heavy atom. The molecule has 0 fully saturated rings. The van der Waals surface area contributed by atoms with Crippen LogP contribution in [0.1, 0.15) is 265 Å². The number of nitrogens with one attached hydrogen (secondary N) is 1. The number of aliphatic hydroxyl groups is 2. The molecule has 376 valence electrons. The number of amides is 1. The maximum atomic E-state index is 13.2. The average Bonchev–Trinajstić information content (AvgIpc) is 3.30. The SMILES string of the molecule is CC/C=C\C/C=C\C/C=C\C/C=C\C/C=C\CCCC(CC(=O)NC(CO)C(O)CCCCCCCCCCCCC)OC(=O)CCCCCCC/C=C/CCCCCCCCCCC. The largest absolute Gasteiger partial charge is 0.462 e. The highest BCUT2D eigenvalue weighted by molar-refractivity contribution is 5.77. The Balaban J connectivity index is 4.68. The van der Waals surface area contributed by atoms with Crippen LogP contribution >= 0.6 is 0 Å². The van der Waals surface area contributed by atoms with Gasteiger partial charge < -0.3 is 20.3 Å². The van der Waals surface area contributed by atoms with Crippen molar-refractivity contribution in [3.8, 4) is 0 Å². The molecule has 0 bridgehead atoms. The smallest absolute Gasteiger partial charge is 0.306 e. The molecule has 0 aliphatic rings. The number of ether oxygens (including phenoxy) is 1. The number of hydrogen-bond acceptors (Lipinski definition) is 5. The first-order valence-electron chi connectivity index (χ1n) is 27.7. The first-order chi connectivity index (χ1) is 32.0. The Morgan fingerprint density at radius 1 is 0.462 bits per heavy atom. The van der Waals surface area contributed by atoms with Crippen LogP contribution in [-0.4, -0.2) is 46.9 Å². The number of aliphatic hydroxyl groups excluding tert-OH is 2. The molecular weight excluding hydrogens is 803 g/mol. The van der Waals surface area contributed by atoms with Crippen molar-refractivity contribution in [1.29, 1.82) is 0 Å². The molecule has 0 saturated heterocycles. The highest BCUT2D eigenvalue weighted by atomic mass is 16.5. The van der Waals surface area contributed by atoms with Gasteiger partial charge in [0.25, 0.3) is 0 Å². The van der Waals surface area contributed by atoms with E-state index in [4.69, 9.17) is 4.74 Å². The maximum absolute atomic E-state index is 13.2. The lowest BCUT2D eigenvalue weighted by molar-refractivity contribution is -0.151. The van der Waals surface area contributed by atoms with Crippen molar-refractivity contribution >= 4 is 11.9 Å². The van der Waals surface area contributed by atoms with Crippen LogP contribution in [0.2, 0.25) is 0 Å². The lowest BCUT2D eigenvalue weighted by Crippen LogP contribution is -2.46. The third-order valence-electron chi connectivity index (χ3n) is 12.3.